The molecule has 0 amide bonds. The van der Waals surface area contributed by atoms with Crippen molar-refractivity contribution in [2.75, 3.05) is 9.80 Å². The Bertz CT molecular complexity index is 6620. The lowest BCUT2D eigenvalue weighted by atomic mass is 9.84. The van der Waals surface area contributed by atoms with Crippen LogP contribution in [0.5, 0.6) is 0 Å². The molecular weight excluding hydrogens is 1440 g/mol. The minimum atomic E-state index is -2.94. The SMILES string of the molecule is [C-]#[N+]c1cc(-c2cccc([Si](c3ccccc3)(c3ccccc3)c3ccccc3)c2)ccc1N(c1cc(C(C)C)c2ccc3c(N(c4ccc(-c5cccc([Si](c6ccccc6)(c6ccccc6)c6ccccc6)c5)cc4C#N)c4cccc5c4oc4ccccc45)cc(C(C)C)c4ccc1c2c43)c1cccc2c1oc1ccccc12. The lowest BCUT2D eigenvalue weighted by Crippen LogP contribution is -2.74. The molecule has 2 aromatic heterocycles. The smallest absolute Gasteiger partial charge is 0.211 e. The molecule has 0 atom stereocenters. The predicted octanol–water partition coefficient (Wildman–Crippen LogP) is 24.1. The van der Waals surface area contributed by atoms with Crippen molar-refractivity contribution < 1.29 is 8.83 Å². The lowest BCUT2D eigenvalue weighted by molar-refractivity contribution is 0.668. The standard InChI is InChI=1S/C108H78N4O2Si2/c1-71(2)94-68-101(111(99-52-30-50-90-86-48-24-26-54-103(86)113-107(90)99)97-62-56-75(64-77(97)70-109)73-32-28-46-84(65-73)115(78-34-12-6-13-35-78,79-36-14-7-15-37-79)80-38-16-8-17-39-80)92-60-58-89-95(72(3)4)69-102(93-61-59-88(94)105(92)106(89)93)112(100-53-31-51-91-87-49-25-27-55-104(87)114-108(91)100)98-63-57-76(67-96(98)110-5)74-33-29-47-85(66-74)116(81-40-18-9-19-41-81,82-42-20-10-21-43-82)83-44-22-11-23-45-83/h6-69,71-72H,1-4H3. The summed E-state index contributed by atoms with van der Waals surface area (Å²) in [4.78, 5) is 9.20. The van der Waals surface area contributed by atoms with Gasteiger partial charge in [-0.15, -0.1) is 0 Å². The number of benzene rings is 18. The quantitative estimate of drug-likeness (QED) is 0.0371. The van der Waals surface area contributed by atoms with Crippen molar-refractivity contribution >= 4 is 174 Å². The molecule has 0 unspecified atom stereocenters. The zero-order chi connectivity index (χ0) is 78.2. The van der Waals surface area contributed by atoms with Crippen LogP contribution in [0, 0.1) is 17.9 Å². The number of rotatable bonds is 18. The molecule has 0 saturated carbocycles. The summed E-state index contributed by atoms with van der Waals surface area (Å²) in [6, 6.07) is 143. The summed E-state index contributed by atoms with van der Waals surface area (Å²) in [6.07, 6.45) is 0. The highest BCUT2D eigenvalue weighted by Crippen LogP contribution is 2.55. The van der Waals surface area contributed by atoms with E-state index in [4.69, 9.17) is 8.83 Å². The summed E-state index contributed by atoms with van der Waals surface area (Å²) < 4.78 is 14.2. The third-order valence-corrected chi connectivity index (χ3v) is 33.6. The zero-order valence-electron chi connectivity index (χ0n) is 64.7. The molecule has 20 rings (SSSR count). The van der Waals surface area contributed by atoms with E-state index in [2.05, 4.69) is 412 Å². The molecule has 0 fully saturated rings. The van der Waals surface area contributed by atoms with Crippen LogP contribution < -0.4 is 51.3 Å². The number of anilines is 6. The van der Waals surface area contributed by atoms with Crippen LogP contribution in [-0.4, -0.2) is 16.1 Å². The largest absolute Gasteiger partial charge is 0.454 e. The van der Waals surface area contributed by atoms with Crippen molar-refractivity contribution in [3.05, 3.63) is 416 Å². The summed E-state index contributed by atoms with van der Waals surface area (Å²) in [6.45, 7) is 18.6. The molecule has 0 radical (unpaired) electrons. The molecule has 0 spiro atoms. The van der Waals surface area contributed by atoms with Crippen molar-refractivity contribution in [2.24, 2.45) is 0 Å². The van der Waals surface area contributed by atoms with E-state index in [-0.39, 0.29) is 11.8 Å². The van der Waals surface area contributed by atoms with Gasteiger partial charge in [-0.2, -0.15) is 5.26 Å². The molecule has 2 heterocycles. The second-order valence-corrected chi connectivity index (χ2v) is 38.7. The van der Waals surface area contributed by atoms with E-state index in [1.54, 1.807) is 0 Å². The van der Waals surface area contributed by atoms with Gasteiger partial charge >= 0.3 is 0 Å². The van der Waals surface area contributed by atoms with Crippen molar-refractivity contribution in [1.82, 2.24) is 0 Å². The maximum atomic E-state index is 12.1. The van der Waals surface area contributed by atoms with Crippen LogP contribution in [0.3, 0.4) is 0 Å². The van der Waals surface area contributed by atoms with Gasteiger partial charge in [0.1, 0.15) is 17.2 Å². The third-order valence-electron chi connectivity index (χ3n) is 24.1. The van der Waals surface area contributed by atoms with Gasteiger partial charge in [-0.05, 0) is 169 Å². The van der Waals surface area contributed by atoms with E-state index in [1.807, 2.05) is 24.3 Å². The number of para-hydroxylation sites is 4. The molecule has 550 valence electrons. The minimum Gasteiger partial charge on any atom is -0.454 e. The predicted molar refractivity (Wildman–Crippen MR) is 491 cm³/mol. The first-order valence-corrected chi connectivity index (χ1v) is 43.9. The molecule has 0 aliphatic carbocycles. The first kappa shape index (κ1) is 70.7. The molecule has 8 heteroatoms. The van der Waals surface area contributed by atoms with Crippen molar-refractivity contribution in [3.63, 3.8) is 0 Å². The fraction of sp³-hybridized carbons (Fsp3) is 0.0556. The van der Waals surface area contributed by atoms with E-state index >= 15 is 0 Å². The number of fused-ring (bicyclic) bond motifs is 6. The zero-order valence-corrected chi connectivity index (χ0v) is 66.7. The summed E-state index contributed by atoms with van der Waals surface area (Å²) in [7, 11) is -5.87. The Morgan fingerprint density at radius 3 is 1.00 bits per heavy atom. The Morgan fingerprint density at radius 2 is 0.612 bits per heavy atom. The van der Waals surface area contributed by atoms with Gasteiger partial charge in [-0.25, -0.2) is 4.85 Å². The van der Waals surface area contributed by atoms with Crippen LogP contribution in [0.25, 0.3) is 103 Å². The Kier molecular flexibility index (Phi) is 17.7. The molecule has 0 saturated heterocycles. The average Bonchev–Trinajstić information content (AvgIpc) is 0.814. The maximum absolute atomic E-state index is 12.1. The maximum Gasteiger partial charge on any atom is 0.211 e. The van der Waals surface area contributed by atoms with Gasteiger partial charge in [0, 0.05) is 32.3 Å². The van der Waals surface area contributed by atoms with E-state index in [1.165, 1.54) is 41.5 Å². The van der Waals surface area contributed by atoms with Crippen molar-refractivity contribution in [2.45, 2.75) is 39.5 Å². The van der Waals surface area contributed by atoms with Gasteiger partial charge in [0.2, 0.25) is 5.69 Å². The van der Waals surface area contributed by atoms with Crippen LogP contribution in [0.15, 0.2) is 397 Å². The summed E-state index contributed by atoms with van der Waals surface area (Å²) >= 11 is 0. The fourth-order valence-corrected chi connectivity index (χ4v) is 28.5. The van der Waals surface area contributed by atoms with Crippen LogP contribution in [0.1, 0.15) is 56.2 Å². The van der Waals surface area contributed by atoms with Gasteiger partial charge in [0.25, 0.3) is 0 Å². The molecule has 20 aromatic rings. The van der Waals surface area contributed by atoms with Gasteiger partial charge < -0.3 is 18.6 Å². The topological polar surface area (TPSA) is 60.9 Å². The fourth-order valence-electron chi connectivity index (χ4n) is 18.9. The Balaban J connectivity index is 0.810. The first-order chi connectivity index (χ1) is 57.1. The van der Waals surface area contributed by atoms with Crippen LogP contribution in [-0.2, 0) is 0 Å². The number of hydrogen-bond donors (Lipinski definition) is 0. The van der Waals surface area contributed by atoms with Gasteiger partial charge in [-0.1, -0.05) is 355 Å². The number of furan rings is 2. The summed E-state index contributed by atoms with van der Waals surface area (Å²) in [5.41, 5.74) is 15.1. The molecule has 0 aliphatic rings. The Labute approximate surface area is 677 Å². The lowest BCUT2D eigenvalue weighted by Gasteiger charge is -2.34. The average molecular weight is 1520 g/mol. The Hall–Kier alpha value is -14.4. The first-order valence-electron chi connectivity index (χ1n) is 39.9. The molecular formula is C108H78N4O2Si2. The molecule has 6 nitrogen and oxygen atoms in total. The highest BCUT2D eigenvalue weighted by molar-refractivity contribution is 7.20. The highest BCUT2D eigenvalue weighted by Gasteiger charge is 2.43. The van der Waals surface area contributed by atoms with Gasteiger partial charge in [0.15, 0.2) is 27.3 Å². The summed E-state index contributed by atoms with van der Waals surface area (Å²) in [5, 5.41) is 32.8. The molecule has 0 N–H and O–H groups in total. The van der Waals surface area contributed by atoms with E-state index in [9.17, 15) is 11.8 Å². The normalized spacial score (nSPS) is 11.9. The van der Waals surface area contributed by atoms with E-state index < -0.39 is 16.1 Å². The molecule has 0 bridgehead atoms. The van der Waals surface area contributed by atoms with Crippen LogP contribution in [0.2, 0.25) is 0 Å². The number of nitrogens with zero attached hydrogens (tertiary/aromatic N) is 4. The van der Waals surface area contributed by atoms with E-state index in [0.717, 1.165) is 132 Å². The van der Waals surface area contributed by atoms with Crippen LogP contribution in [0.4, 0.5) is 39.8 Å². The summed E-state index contributed by atoms with van der Waals surface area (Å²) in [5.74, 6) is 0.0962. The minimum absolute atomic E-state index is 0.0472. The Morgan fingerprint density at radius 1 is 0.284 bits per heavy atom. The van der Waals surface area contributed by atoms with Crippen molar-refractivity contribution in [3.8, 4) is 28.3 Å². The second-order valence-electron chi connectivity index (χ2n) is 31.0. The number of nitriles is 1. The van der Waals surface area contributed by atoms with Crippen LogP contribution >= 0.6 is 0 Å². The molecule has 116 heavy (non-hydrogen) atoms. The third kappa shape index (κ3) is 11.4. The molecule has 0 aliphatic heterocycles. The monoisotopic (exact) mass is 1520 g/mol. The highest BCUT2D eigenvalue weighted by atomic mass is 28.3. The van der Waals surface area contributed by atoms with Crippen molar-refractivity contribution in [1.29, 1.82) is 5.26 Å². The van der Waals surface area contributed by atoms with Gasteiger partial charge in [-0.3, -0.25) is 0 Å². The van der Waals surface area contributed by atoms with Gasteiger partial charge in [0.05, 0.1) is 46.3 Å². The second kappa shape index (κ2) is 29.0. The van der Waals surface area contributed by atoms with E-state index in [0.29, 0.717) is 22.5 Å². The molecule has 18 aromatic carbocycles. The number of hydrogen-bond acceptors (Lipinski definition) is 5.